The van der Waals surface area contributed by atoms with Gasteiger partial charge in [0, 0.05) is 26.2 Å². The first-order valence-electron chi connectivity index (χ1n) is 10.1. The fourth-order valence-corrected chi connectivity index (χ4v) is 6.70. The average Bonchev–Trinajstić information content (AvgIpc) is 2.73. The van der Waals surface area contributed by atoms with Gasteiger partial charge < -0.3 is 10.0 Å². The molecule has 1 N–H and O–H groups in total. The fraction of sp³-hybridized carbons (Fsp3) is 0.600. The Balaban J connectivity index is 1.45. The van der Waals surface area contributed by atoms with Crippen LogP contribution >= 0.6 is 0 Å². The Kier molecular flexibility index (Phi) is 5.37. The van der Waals surface area contributed by atoms with Crippen molar-refractivity contribution < 1.29 is 27.5 Å². The minimum absolute atomic E-state index is 0.0224. The van der Waals surface area contributed by atoms with E-state index in [2.05, 4.69) is 0 Å². The zero-order chi connectivity index (χ0) is 20.8. The van der Waals surface area contributed by atoms with Crippen molar-refractivity contribution in [1.29, 1.82) is 0 Å². The second kappa shape index (κ2) is 7.68. The third kappa shape index (κ3) is 3.66. The third-order valence-electron chi connectivity index (χ3n) is 6.79. The fourth-order valence-electron chi connectivity index (χ4n) is 5.28. The van der Waals surface area contributed by atoms with E-state index in [1.165, 1.54) is 16.4 Å². The predicted octanol–water partition coefficient (Wildman–Crippen LogP) is 1.80. The van der Waals surface area contributed by atoms with Crippen LogP contribution in [-0.4, -0.2) is 60.8 Å². The second-order valence-electron chi connectivity index (χ2n) is 8.25. The maximum Gasteiger partial charge on any atom is 0.307 e. The van der Waals surface area contributed by atoms with Crippen molar-refractivity contribution >= 4 is 21.9 Å². The molecule has 0 radical (unpaired) electrons. The van der Waals surface area contributed by atoms with E-state index in [1.807, 2.05) is 0 Å². The first-order valence-corrected chi connectivity index (χ1v) is 11.5. The molecule has 5 rings (SSSR count). The largest absolute Gasteiger partial charge is 0.481 e. The Bertz CT molecular complexity index is 888. The van der Waals surface area contributed by atoms with Crippen molar-refractivity contribution in [3.05, 3.63) is 30.1 Å². The standard InChI is InChI=1S/C20H25FN2O5S/c21-15-5-7-16(8-6-15)29(27,28)23-11-9-22(10-12-23)19(24)17-13-1-3-14(4-2-13)18(17)20(25)26/h5-8,13-14,17-18H,1-4,9-12H2,(H,25,26)/t13?,14?,17-,18+/m0/s1. The van der Waals surface area contributed by atoms with Crippen LogP contribution in [0.4, 0.5) is 4.39 Å². The molecule has 3 aliphatic carbocycles. The highest BCUT2D eigenvalue weighted by Crippen LogP contribution is 2.49. The third-order valence-corrected chi connectivity index (χ3v) is 8.70. The lowest BCUT2D eigenvalue weighted by atomic mass is 9.58. The van der Waals surface area contributed by atoms with Gasteiger partial charge in [-0.15, -0.1) is 0 Å². The zero-order valence-electron chi connectivity index (χ0n) is 16.0. The summed E-state index contributed by atoms with van der Waals surface area (Å²) in [6.45, 7) is 0.757. The Hall–Kier alpha value is -2.00. The van der Waals surface area contributed by atoms with Gasteiger partial charge in [-0.1, -0.05) is 0 Å². The molecule has 4 aliphatic rings. The van der Waals surface area contributed by atoms with Gasteiger partial charge in [0.1, 0.15) is 5.82 Å². The topological polar surface area (TPSA) is 95.0 Å². The highest BCUT2D eigenvalue weighted by Gasteiger charge is 2.51. The Morgan fingerprint density at radius 1 is 0.897 bits per heavy atom. The van der Waals surface area contributed by atoms with Crippen LogP contribution in [0.2, 0.25) is 0 Å². The van der Waals surface area contributed by atoms with Crippen LogP contribution < -0.4 is 0 Å². The number of hydrogen-bond donors (Lipinski definition) is 1. The molecule has 9 heteroatoms. The van der Waals surface area contributed by atoms with E-state index < -0.39 is 33.6 Å². The maximum atomic E-state index is 13.2. The van der Waals surface area contributed by atoms with Crippen molar-refractivity contribution in [2.24, 2.45) is 23.7 Å². The lowest BCUT2D eigenvalue weighted by Crippen LogP contribution is -2.56. The van der Waals surface area contributed by atoms with E-state index in [0.29, 0.717) is 0 Å². The monoisotopic (exact) mass is 424 g/mol. The van der Waals surface area contributed by atoms with Crippen LogP contribution in [0.5, 0.6) is 0 Å². The number of piperazine rings is 1. The van der Waals surface area contributed by atoms with Crippen LogP contribution in [0.15, 0.2) is 29.2 Å². The number of amides is 1. The molecular formula is C20H25FN2O5S. The molecule has 2 atom stereocenters. The summed E-state index contributed by atoms with van der Waals surface area (Å²) in [5.41, 5.74) is 0. The minimum Gasteiger partial charge on any atom is -0.481 e. The molecule has 158 valence electrons. The molecule has 7 nitrogen and oxygen atoms in total. The van der Waals surface area contributed by atoms with Gasteiger partial charge in [0.05, 0.1) is 16.7 Å². The highest BCUT2D eigenvalue weighted by molar-refractivity contribution is 7.89. The number of carboxylic acids is 1. The number of halogens is 1. The van der Waals surface area contributed by atoms with E-state index in [-0.39, 0.29) is 48.8 Å². The number of sulfonamides is 1. The molecule has 1 aromatic carbocycles. The van der Waals surface area contributed by atoms with Gasteiger partial charge in [-0.2, -0.15) is 4.31 Å². The van der Waals surface area contributed by atoms with Crippen molar-refractivity contribution in [2.75, 3.05) is 26.2 Å². The zero-order valence-corrected chi connectivity index (χ0v) is 16.9. The van der Waals surface area contributed by atoms with Crippen LogP contribution in [0.25, 0.3) is 0 Å². The minimum atomic E-state index is -3.75. The van der Waals surface area contributed by atoms with Crippen molar-refractivity contribution in [3.8, 4) is 0 Å². The van der Waals surface area contributed by atoms with Crippen LogP contribution in [0.3, 0.4) is 0 Å². The van der Waals surface area contributed by atoms with Crippen LogP contribution in [0, 0.1) is 29.5 Å². The molecule has 2 bridgehead atoms. The van der Waals surface area contributed by atoms with Gasteiger partial charge in [0.25, 0.3) is 0 Å². The Labute approximate surface area is 169 Å². The number of hydrogen-bond acceptors (Lipinski definition) is 4. The van der Waals surface area contributed by atoms with E-state index in [1.54, 1.807) is 4.90 Å². The van der Waals surface area contributed by atoms with Gasteiger partial charge in [-0.05, 0) is 61.8 Å². The second-order valence-corrected chi connectivity index (χ2v) is 10.2. The lowest BCUT2D eigenvalue weighted by Gasteiger charge is -2.48. The number of fused-ring (bicyclic) bond motifs is 3. The first-order chi connectivity index (χ1) is 13.8. The summed E-state index contributed by atoms with van der Waals surface area (Å²) in [5.74, 6) is -2.51. The molecule has 1 heterocycles. The quantitative estimate of drug-likeness (QED) is 0.795. The first kappa shape index (κ1) is 20.3. The molecule has 1 aromatic rings. The molecule has 1 amide bonds. The van der Waals surface area contributed by atoms with Gasteiger partial charge in [-0.3, -0.25) is 9.59 Å². The maximum absolute atomic E-state index is 13.2. The number of carbonyl (C=O) groups excluding carboxylic acids is 1. The number of aliphatic carboxylic acids is 1. The number of carboxylic acid groups (broad SMARTS) is 1. The molecule has 0 unspecified atom stereocenters. The molecule has 0 spiro atoms. The Morgan fingerprint density at radius 3 is 1.93 bits per heavy atom. The summed E-state index contributed by atoms with van der Waals surface area (Å²) in [4.78, 5) is 26.6. The van der Waals surface area contributed by atoms with Gasteiger partial charge in [0.15, 0.2) is 0 Å². The van der Waals surface area contributed by atoms with Crippen molar-refractivity contribution in [3.63, 3.8) is 0 Å². The molecular weight excluding hydrogens is 399 g/mol. The number of benzene rings is 1. The summed E-state index contributed by atoms with van der Waals surface area (Å²) >= 11 is 0. The van der Waals surface area contributed by atoms with Crippen LogP contribution in [-0.2, 0) is 19.6 Å². The molecule has 0 aromatic heterocycles. The van der Waals surface area contributed by atoms with E-state index in [4.69, 9.17) is 0 Å². The summed E-state index contributed by atoms with van der Waals surface area (Å²) in [5, 5.41) is 9.69. The van der Waals surface area contributed by atoms with Gasteiger partial charge >= 0.3 is 5.97 Å². The summed E-state index contributed by atoms with van der Waals surface area (Å²) in [7, 11) is -3.75. The number of nitrogens with zero attached hydrogens (tertiary/aromatic N) is 2. The van der Waals surface area contributed by atoms with E-state index >= 15 is 0 Å². The van der Waals surface area contributed by atoms with Crippen LogP contribution in [0.1, 0.15) is 25.7 Å². The Morgan fingerprint density at radius 2 is 1.41 bits per heavy atom. The average molecular weight is 424 g/mol. The summed E-state index contributed by atoms with van der Waals surface area (Å²) in [6, 6.07) is 4.68. The highest BCUT2D eigenvalue weighted by atomic mass is 32.2. The number of carbonyl (C=O) groups is 2. The van der Waals surface area contributed by atoms with Crippen molar-refractivity contribution in [1.82, 2.24) is 9.21 Å². The lowest BCUT2D eigenvalue weighted by molar-refractivity contribution is -0.162. The molecule has 1 saturated heterocycles. The molecule has 1 aliphatic heterocycles. The molecule has 4 fully saturated rings. The predicted molar refractivity (Wildman–Crippen MR) is 102 cm³/mol. The smallest absolute Gasteiger partial charge is 0.307 e. The summed E-state index contributed by atoms with van der Waals surface area (Å²) in [6.07, 6.45) is 3.53. The van der Waals surface area contributed by atoms with E-state index in [9.17, 15) is 27.5 Å². The number of rotatable bonds is 4. The van der Waals surface area contributed by atoms with E-state index in [0.717, 1.165) is 37.8 Å². The summed E-state index contributed by atoms with van der Waals surface area (Å²) < 4.78 is 39.9. The molecule has 3 saturated carbocycles. The normalized spacial score (nSPS) is 30.3. The van der Waals surface area contributed by atoms with Gasteiger partial charge in [-0.25, -0.2) is 12.8 Å². The molecule has 29 heavy (non-hydrogen) atoms. The SMILES string of the molecule is O=C(O)[C@@H]1C2CCC(CC2)[C@@H]1C(=O)N1CCN(S(=O)(=O)c2ccc(F)cc2)CC1. The van der Waals surface area contributed by atoms with Crippen molar-refractivity contribution in [2.45, 2.75) is 30.6 Å². The van der Waals surface area contributed by atoms with Gasteiger partial charge in [0.2, 0.25) is 15.9 Å².